The van der Waals surface area contributed by atoms with E-state index in [4.69, 9.17) is 0 Å². The minimum atomic E-state index is -3.79. The number of nitrogens with one attached hydrogen (secondary N) is 1. The van der Waals surface area contributed by atoms with E-state index >= 15 is 0 Å². The zero-order chi connectivity index (χ0) is 21.2. The van der Waals surface area contributed by atoms with E-state index in [0.29, 0.717) is 5.69 Å². The molecule has 0 saturated heterocycles. The second-order valence-corrected chi connectivity index (χ2v) is 5.68. The molecule has 0 atom stereocenters. The molecule has 0 radical (unpaired) electrons. The Kier molecular flexibility index (Phi) is 9.02. The Morgan fingerprint density at radius 3 is 2.36 bits per heavy atom. The average molecular weight is 388 g/mol. The Bertz CT molecular complexity index is 893. The quantitative estimate of drug-likeness (QED) is 0.576. The Labute approximate surface area is 164 Å². The van der Waals surface area contributed by atoms with Crippen molar-refractivity contribution in [3.8, 4) is 5.75 Å². The zero-order valence-corrected chi connectivity index (χ0v) is 16.8. The minimum Gasteiger partial charge on any atom is -0.425 e. The van der Waals surface area contributed by atoms with Crippen LogP contribution >= 0.6 is 0 Å². The van der Waals surface area contributed by atoms with Crippen molar-refractivity contribution in [1.82, 2.24) is 4.98 Å². The van der Waals surface area contributed by atoms with Crippen molar-refractivity contribution in [2.45, 2.75) is 33.8 Å². The number of aryl methyl sites for hydroxylation is 2. The Balaban J connectivity index is 0.000000266. The zero-order valence-electron chi connectivity index (χ0n) is 16.8. The summed E-state index contributed by atoms with van der Waals surface area (Å²) in [7, 11) is 1.58. The second-order valence-electron chi connectivity index (χ2n) is 5.68. The first-order chi connectivity index (χ1) is 13.4. The van der Waals surface area contributed by atoms with Gasteiger partial charge in [-0.3, -0.25) is 9.78 Å². The van der Waals surface area contributed by atoms with Crippen LogP contribution in [0.4, 0.5) is 14.5 Å². The molecule has 0 unspecified atom stereocenters. The highest BCUT2D eigenvalue weighted by molar-refractivity contribution is 5.81. The van der Waals surface area contributed by atoms with E-state index in [2.05, 4.69) is 46.2 Å². The van der Waals surface area contributed by atoms with Gasteiger partial charge in [0.15, 0.2) is 0 Å². The number of nitrogens with zero attached hydrogens (tertiary/aromatic N) is 1. The van der Waals surface area contributed by atoms with Gasteiger partial charge >= 0.3 is 6.11 Å². The van der Waals surface area contributed by atoms with Crippen LogP contribution in [0.15, 0.2) is 54.7 Å². The summed E-state index contributed by atoms with van der Waals surface area (Å²) in [4.78, 5) is 14.3. The summed E-state index contributed by atoms with van der Waals surface area (Å²) in [5.41, 5.74) is 3.66. The summed E-state index contributed by atoms with van der Waals surface area (Å²) in [6.45, 7) is 7.90. The van der Waals surface area contributed by atoms with E-state index in [-0.39, 0.29) is 5.75 Å². The summed E-state index contributed by atoms with van der Waals surface area (Å²) in [6.07, 6.45) is -2.50. The van der Waals surface area contributed by atoms with Crippen molar-refractivity contribution in [1.29, 1.82) is 0 Å². The van der Waals surface area contributed by atoms with Gasteiger partial charge < -0.3 is 10.1 Å². The lowest BCUT2D eigenvalue weighted by molar-refractivity contribution is -0.176. The molecule has 2 aromatic carbocycles. The predicted octanol–water partition coefficient (Wildman–Crippen LogP) is 5.78. The SMILES string of the molecule is CC.CNc1cc(C)ccc1OC(F)(F)C=O.Cc1cccc2cccnc12. The smallest absolute Gasteiger partial charge is 0.425 e. The van der Waals surface area contributed by atoms with Gasteiger partial charge in [-0.2, -0.15) is 8.78 Å². The normalized spacial score (nSPS) is 10.1. The van der Waals surface area contributed by atoms with Crippen LogP contribution in [0.2, 0.25) is 0 Å². The van der Waals surface area contributed by atoms with Gasteiger partial charge in [-0.25, -0.2) is 0 Å². The molecule has 1 aromatic heterocycles. The third-order valence-corrected chi connectivity index (χ3v) is 3.62. The van der Waals surface area contributed by atoms with Crippen molar-refractivity contribution in [2.75, 3.05) is 12.4 Å². The fourth-order valence-electron chi connectivity index (χ4n) is 2.36. The molecule has 0 saturated carbocycles. The number of halogens is 2. The molecule has 0 aliphatic carbocycles. The van der Waals surface area contributed by atoms with E-state index in [1.54, 1.807) is 19.2 Å². The third kappa shape index (κ3) is 6.61. The predicted molar refractivity (Wildman–Crippen MR) is 110 cm³/mol. The summed E-state index contributed by atoms with van der Waals surface area (Å²) in [5.74, 6) is -0.0554. The number of pyridine rings is 1. The molecule has 0 spiro atoms. The highest BCUT2D eigenvalue weighted by Gasteiger charge is 2.31. The van der Waals surface area contributed by atoms with Crippen molar-refractivity contribution >= 4 is 22.9 Å². The molecule has 0 bridgehead atoms. The number of carbonyl (C=O) groups is 1. The number of carbonyl (C=O) groups excluding carboxylic acids is 1. The Morgan fingerprint density at radius 2 is 1.75 bits per heavy atom. The highest BCUT2D eigenvalue weighted by Crippen LogP contribution is 2.29. The number of benzene rings is 2. The maximum atomic E-state index is 12.6. The van der Waals surface area contributed by atoms with Crippen molar-refractivity contribution < 1.29 is 18.3 Å². The average Bonchev–Trinajstić information content (AvgIpc) is 2.71. The summed E-state index contributed by atoms with van der Waals surface area (Å²) in [5, 5.41) is 3.92. The number of rotatable bonds is 4. The van der Waals surface area contributed by atoms with Crippen molar-refractivity contribution in [3.63, 3.8) is 0 Å². The lowest BCUT2D eigenvalue weighted by Crippen LogP contribution is -2.26. The molecule has 150 valence electrons. The van der Waals surface area contributed by atoms with Gasteiger partial charge in [0.05, 0.1) is 11.2 Å². The Hall–Kier alpha value is -3.02. The number of hydrogen-bond acceptors (Lipinski definition) is 4. The molecule has 3 aromatic rings. The first kappa shape index (κ1) is 23.0. The van der Waals surface area contributed by atoms with Crippen LogP contribution in [-0.4, -0.2) is 24.4 Å². The van der Waals surface area contributed by atoms with Crippen molar-refractivity contribution in [2.24, 2.45) is 0 Å². The second kappa shape index (κ2) is 11.0. The largest absolute Gasteiger partial charge is 0.458 e. The maximum Gasteiger partial charge on any atom is 0.458 e. The molecule has 0 amide bonds. The molecule has 0 fully saturated rings. The highest BCUT2D eigenvalue weighted by atomic mass is 19.3. The maximum absolute atomic E-state index is 12.6. The van der Waals surface area contributed by atoms with Gasteiger partial charge in [0.2, 0.25) is 6.29 Å². The Morgan fingerprint density at radius 1 is 1.07 bits per heavy atom. The van der Waals surface area contributed by atoms with Gasteiger partial charge in [0.1, 0.15) is 5.75 Å². The fraction of sp³-hybridized carbons (Fsp3) is 0.273. The van der Waals surface area contributed by atoms with Crippen LogP contribution in [0.3, 0.4) is 0 Å². The molecular weight excluding hydrogens is 362 g/mol. The molecule has 1 heterocycles. The van der Waals surface area contributed by atoms with Crippen LogP contribution in [0.1, 0.15) is 25.0 Å². The summed E-state index contributed by atoms with van der Waals surface area (Å²) >= 11 is 0. The number of alkyl halides is 2. The van der Waals surface area contributed by atoms with E-state index in [1.165, 1.54) is 17.0 Å². The van der Waals surface area contributed by atoms with Crippen LogP contribution in [-0.2, 0) is 4.79 Å². The first-order valence-corrected chi connectivity index (χ1v) is 8.98. The summed E-state index contributed by atoms with van der Waals surface area (Å²) in [6, 6.07) is 14.9. The first-order valence-electron chi connectivity index (χ1n) is 8.98. The van der Waals surface area contributed by atoms with Gasteiger partial charge in [0, 0.05) is 18.6 Å². The third-order valence-electron chi connectivity index (χ3n) is 3.62. The fourth-order valence-corrected chi connectivity index (χ4v) is 2.36. The lowest BCUT2D eigenvalue weighted by atomic mass is 10.1. The standard InChI is InChI=1S/C10H11F2NO2.C10H9N.C2H6/c1-7-3-4-9(8(5-7)13-2)15-10(11,12)6-14;1-8-4-2-5-9-6-3-7-11-10(8)9;1-2/h3-6,13H,1-2H3;2-7H,1H3;1-2H3. The van der Waals surface area contributed by atoms with E-state index < -0.39 is 12.4 Å². The molecular formula is C22H26F2N2O2. The number of ether oxygens (including phenoxy) is 1. The molecule has 0 aliphatic rings. The molecule has 1 N–H and O–H groups in total. The number of para-hydroxylation sites is 1. The minimum absolute atomic E-state index is 0.0554. The van der Waals surface area contributed by atoms with Gasteiger partial charge in [-0.1, -0.05) is 44.2 Å². The van der Waals surface area contributed by atoms with Gasteiger partial charge in [0.25, 0.3) is 0 Å². The van der Waals surface area contributed by atoms with Crippen LogP contribution < -0.4 is 10.1 Å². The van der Waals surface area contributed by atoms with Crippen LogP contribution in [0.5, 0.6) is 5.75 Å². The monoisotopic (exact) mass is 388 g/mol. The molecule has 0 aliphatic heterocycles. The van der Waals surface area contributed by atoms with E-state index in [9.17, 15) is 13.6 Å². The lowest BCUT2D eigenvalue weighted by Gasteiger charge is -2.15. The molecule has 28 heavy (non-hydrogen) atoms. The number of aromatic nitrogens is 1. The van der Waals surface area contributed by atoms with Crippen LogP contribution in [0, 0.1) is 13.8 Å². The number of anilines is 1. The molecule has 4 nitrogen and oxygen atoms in total. The topological polar surface area (TPSA) is 51.2 Å². The molecule has 3 rings (SSSR count). The molecule has 6 heteroatoms. The van der Waals surface area contributed by atoms with Crippen molar-refractivity contribution in [3.05, 3.63) is 65.9 Å². The van der Waals surface area contributed by atoms with Crippen LogP contribution in [0.25, 0.3) is 10.9 Å². The number of hydrogen-bond donors (Lipinski definition) is 1. The number of fused-ring (bicyclic) bond motifs is 1. The van der Waals surface area contributed by atoms with Gasteiger partial charge in [-0.05, 0) is 43.2 Å². The number of aldehydes is 1. The van der Waals surface area contributed by atoms with E-state index in [1.807, 2.05) is 33.0 Å². The van der Waals surface area contributed by atoms with Gasteiger partial charge in [-0.15, -0.1) is 0 Å². The van der Waals surface area contributed by atoms with E-state index in [0.717, 1.165) is 11.1 Å². The summed E-state index contributed by atoms with van der Waals surface area (Å²) < 4.78 is 29.5.